The van der Waals surface area contributed by atoms with Gasteiger partial charge in [0, 0.05) is 6.04 Å². The van der Waals surface area contributed by atoms with Crippen molar-refractivity contribution in [2.75, 3.05) is 5.32 Å². The lowest BCUT2D eigenvalue weighted by Gasteiger charge is -2.31. The minimum absolute atomic E-state index is 0.0425. The van der Waals surface area contributed by atoms with Gasteiger partial charge in [-0.05, 0) is 64.2 Å². The van der Waals surface area contributed by atoms with Crippen LogP contribution in [0.1, 0.15) is 63.8 Å². The van der Waals surface area contributed by atoms with Crippen LogP contribution in [0.2, 0.25) is 5.02 Å². The molecular formula is C29H36ClN3O4. The van der Waals surface area contributed by atoms with Gasteiger partial charge in [-0.2, -0.15) is 0 Å². The molecule has 0 bridgehead atoms. The number of anilines is 1. The number of aryl methyl sites for hydroxylation is 2. The van der Waals surface area contributed by atoms with Gasteiger partial charge in [0.1, 0.15) is 17.7 Å². The molecule has 7 nitrogen and oxygen atoms in total. The number of nitrogens with one attached hydrogen (secondary N) is 2. The van der Waals surface area contributed by atoms with E-state index in [0.717, 1.165) is 16.0 Å². The molecule has 2 N–H and O–H groups in total. The van der Waals surface area contributed by atoms with Gasteiger partial charge < -0.3 is 15.4 Å². The average molecular weight is 526 g/mol. The zero-order chi connectivity index (χ0) is 27.9. The summed E-state index contributed by atoms with van der Waals surface area (Å²) in [5.74, 6) is -1.09. The van der Waals surface area contributed by atoms with Crippen LogP contribution in [0.15, 0.2) is 42.5 Å². The predicted octanol–water partition coefficient (Wildman–Crippen LogP) is 6.00. The molecule has 0 aliphatic rings. The number of ether oxygens (including phenoxy) is 1. The second-order valence-electron chi connectivity index (χ2n) is 10.4. The molecule has 0 aromatic heterocycles. The van der Waals surface area contributed by atoms with E-state index in [1.54, 1.807) is 45.0 Å². The molecule has 2 rings (SSSR count). The van der Waals surface area contributed by atoms with Gasteiger partial charge in [-0.1, -0.05) is 73.8 Å². The van der Waals surface area contributed by atoms with E-state index in [1.165, 1.54) is 0 Å². The van der Waals surface area contributed by atoms with E-state index in [2.05, 4.69) is 16.7 Å². The first-order valence-electron chi connectivity index (χ1n) is 12.1. The molecular weight excluding hydrogens is 490 g/mol. The van der Waals surface area contributed by atoms with Crippen LogP contribution in [0.3, 0.4) is 0 Å². The lowest BCUT2D eigenvalue weighted by Crippen LogP contribution is -2.51. The van der Waals surface area contributed by atoms with Crippen LogP contribution in [-0.4, -0.2) is 34.5 Å². The Hall–Kier alpha value is -3.50. The Kier molecular flexibility index (Phi) is 10.2. The van der Waals surface area contributed by atoms with Crippen molar-refractivity contribution in [1.29, 1.82) is 0 Å². The number of amides is 3. The lowest BCUT2D eigenvalue weighted by molar-refractivity contribution is -0.137. The van der Waals surface area contributed by atoms with E-state index >= 15 is 0 Å². The highest BCUT2D eigenvalue weighted by molar-refractivity contribution is 6.34. The third-order valence-electron chi connectivity index (χ3n) is 5.44. The highest BCUT2D eigenvalue weighted by Crippen LogP contribution is 2.29. The number of terminal acetylenes is 1. The predicted molar refractivity (Wildman–Crippen MR) is 147 cm³/mol. The molecule has 0 spiro atoms. The third kappa shape index (κ3) is 8.54. The number of carbonyl (C=O) groups is 3. The molecule has 0 fully saturated rings. The second kappa shape index (κ2) is 12.6. The maximum Gasteiger partial charge on any atom is 0.408 e. The van der Waals surface area contributed by atoms with E-state index in [0.29, 0.717) is 22.7 Å². The summed E-state index contributed by atoms with van der Waals surface area (Å²) in [6, 6.07) is 12.6. The fourth-order valence-electron chi connectivity index (χ4n) is 3.72. The van der Waals surface area contributed by atoms with Crippen molar-refractivity contribution in [3.05, 3.63) is 64.2 Å². The molecule has 0 saturated carbocycles. The van der Waals surface area contributed by atoms with Crippen LogP contribution in [0.5, 0.6) is 0 Å². The highest BCUT2D eigenvalue weighted by atomic mass is 35.5. The number of hydrogen-bond donors (Lipinski definition) is 2. The van der Waals surface area contributed by atoms with Gasteiger partial charge in [0.15, 0.2) is 0 Å². The van der Waals surface area contributed by atoms with E-state index in [1.807, 2.05) is 45.9 Å². The normalized spacial score (nSPS) is 12.8. The van der Waals surface area contributed by atoms with Gasteiger partial charge in [0.05, 0.1) is 10.7 Å². The summed E-state index contributed by atoms with van der Waals surface area (Å²) in [5.41, 5.74) is 1.93. The fourth-order valence-corrected chi connectivity index (χ4v) is 3.99. The molecule has 198 valence electrons. The van der Waals surface area contributed by atoms with Crippen LogP contribution in [-0.2, 0) is 14.3 Å². The Labute approximate surface area is 224 Å². The molecule has 0 radical (unpaired) electrons. The first-order chi connectivity index (χ1) is 17.2. The average Bonchev–Trinajstić information content (AvgIpc) is 2.78. The van der Waals surface area contributed by atoms with Crippen molar-refractivity contribution in [2.24, 2.45) is 5.92 Å². The Morgan fingerprint density at radius 3 is 2.22 bits per heavy atom. The van der Waals surface area contributed by atoms with Crippen molar-refractivity contribution in [2.45, 2.75) is 72.6 Å². The zero-order valence-corrected chi connectivity index (χ0v) is 23.3. The molecule has 2 unspecified atom stereocenters. The summed E-state index contributed by atoms with van der Waals surface area (Å²) in [6.45, 7) is 12.8. The van der Waals surface area contributed by atoms with Gasteiger partial charge in [-0.15, -0.1) is 0 Å². The maximum atomic E-state index is 13.8. The third-order valence-corrected chi connectivity index (χ3v) is 5.76. The smallest absolute Gasteiger partial charge is 0.408 e. The number of rotatable bonds is 8. The van der Waals surface area contributed by atoms with E-state index in [9.17, 15) is 14.4 Å². The second-order valence-corrected chi connectivity index (χ2v) is 10.8. The van der Waals surface area contributed by atoms with Crippen molar-refractivity contribution < 1.29 is 19.1 Å². The van der Waals surface area contributed by atoms with E-state index in [-0.39, 0.29) is 5.92 Å². The van der Waals surface area contributed by atoms with Crippen molar-refractivity contribution >= 4 is 35.2 Å². The minimum atomic E-state index is -1.18. The minimum Gasteiger partial charge on any atom is -0.444 e. The van der Waals surface area contributed by atoms with Crippen molar-refractivity contribution in [1.82, 2.24) is 10.2 Å². The zero-order valence-electron chi connectivity index (χ0n) is 22.5. The quantitative estimate of drug-likeness (QED) is 0.327. The lowest BCUT2D eigenvalue weighted by atomic mass is 9.99. The summed E-state index contributed by atoms with van der Waals surface area (Å²) in [6.07, 6.45) is 5.39. The summed E-state index contributed by atoms with van der Waals surface area (Å²) < 4.78 is 5.36. The van der Waals surface area contributed by atoms with Gasteiger partial charge in [-0.3, -0.25) is 14.5 Å². The Bertz CT molecular complexity index is 1140. The molecule has 2 aromatic carbocycles. The molecule has 0 aliphatic carbocycles. The number of halogens is 1. The van der Waals surface area contributed by atoms with Gasteiger partial charge in [-0.25, -0.2) is 4.79 Å². The Balaban J connectivity index is 2.49. The van der Waals surface area contributed by atoms with Crippen molar-refractivity contribution in [3.8, 4) is 12.5 Å². The molecule has 37 heavy (non-hydrogen) atoms. The van der Waals surface area contributed by atoms with Gasteiger partial charge in [0.2, 0.25) is 0 Å². The molecule has 2 atom stereocenters. The van der Waals surface area contributed by atoms with Crippen molar-refractivity contribution in [3.63, 3.8) is 0 Å². The van der Waals surface area contributed by atoms with Gasteiger partial charge in [0.25, 0.3) is 11.8 Å². The molecule has 0 aliphatic heterocycles. The Morgan fingerprint density at radius 1 is 1.08 bits per heavy atom. The largest absolute Gasteiger partial charge is 0.444 e. The molecule has 3 amide bonds. The highest BCUT2D eigenvalue weighted by Gasteiger charge is 2.36. The summed E-state index contributed by atoms with van der Waals surface area (Å²) in [7, 11) is 0. The summed E-state index contributed by atoms with van der Waals surface area (Å²) in [5, 5.41) is 5.84. The SMILES string of the molecule is C#CN(C(=O)C(CC(C)C)NC(=O)OC(C)(C)C)C(C(=O)Nc1c(C)cccc1Cl)c1ccc(C)cc1. The van der Waals surface area contributed by atoms with Crippen LogP contribution < -0.4 is 10.6 Å². The van der Waals surface area contributed by atoms with E-state index in [4.69, 9.17) is 22.8 Å². The summed E-state index contributed by atoms with van der Waals surface area (Å²) >= 11 is 6.34. The number of carbonyl (C=O) groups excluding carboxylic acids is 3. The van der Waals surface area contributed by atoms with E-state index < -0.39 is 35.6 Å². The standard InChI is InChI=1S/C29H36ClN3O4/c1-9-33(27(35)23(17-18(2)3)31-28(36)37-29(6,7)8)25(21-15-13-19(4)14-16-21)26(34)32-24-20(5)11-10-12-22(24)30/h1,10-16,18,23,25H,17H2,2-8H3,(H,31,36)(H,32,34). The molecule has 8 heteroatoms. The van der Waals surface area contributed by atoms with Crippen LogP contribution >= 0.6 is 11.6 Å². The topological polar surface area (TPSA) is 87.7 Å². The number of alkyl carbamates (subject to hydrolysis) is 1. The number of nitrogens with zero attached hydrogens (tertiary/aromatic N) is 1. The fraction of sp³-hybridized carbons (Fsp3) is 0.414. The Morgan fingerprint density at radius 2 is 1.70 bits per heavy atom. The first-order valence-corrected chi connectivity index (χ1v) is 12.5. The van der Waals surface area contributed by atoms with Crippen LogP contribution in [0.4, 0.5) is 10.5 Å². The number of para-hydroxylation sites is 1. The van der Waals surface area contributed by atoms with Crippen LogP contribution in [0.25, 0.3) is 0 Å². The van der Waals surface area contributed by atoms with Gasteiger partial charge >= 0.3 is 6.09 Å². The molecule has 2 aromatic rings. The molecule has 0 saturated heterocycles. The number of benzene rings is 2. The summed E-state index contributed by atoms with van der Waals surface area (Å²) in [4.78, 5) is 41.0. The van der Waals surface area contributed by atoms with Crippen LogP contribution in [0, 0.1) is 32.2 Å². The maximum absolute atomic E-state index is 13.8. The number of hydrogen-bond acceptors (Lipinski definition) is 4. The molecule has 0 heterocycles. The first kappa shape index (κ1) is 29.7. The monoisotopic (exact) mass is 525 g/mol.